The molecular weight excluding hydrogens is 256 g/mol. The summed E-state index contributed by atoms with van der Waals surface area (Å²) in [6.45, 7) is 0. The predicted molar refractivity (Wildman–Crippen MR) is 70.3 cm³/mol. The zero-order chi connectivity index (χ0) is 12.5. The van der Waals surface area contributed by atoms with Gasteiger partial charge in [-0.25, -0.2) is 13.6 Å². The minimum Gasteiger partial charge on any atom is -0.397 e. The first-order valence-corrected chi connectivity index (χ1v) is 7.99. The minimum absolute atomic E-state index is 0.0282. The van der Waals surface area contributed by atoms with Crippen LogP contribution in [0.2, 0.25) is 0 Å². The number of thioether (sulfide) groups is 1. The second kappa shape index (κ2) is 4.88. The van der Waals surface area contributed by atoms with Gasteiger partial charge in [-0.2, -0.15) is 0 Å². The number of hydrogen-bond acceptors (Lipinski definition) is 4. The van der Waals surface area contributed by atoms with Crippen LogP contribution >= 0.6 is 11.8 Å². The highest BCUT2D eigenvalue weighted by molar-refractivity contribution is 8.00. The van der Waals surface area contributed by atoms with Gasteiger partial charge in [0.15, 0.2) is 0 Å². The second-order valence-corrected chi connectivity index (χ2v) is 7.11. The van der Waals surface area contributed by atoms with Crippen LogP contribution in [0.5, 0.6) is 0 Å². The average Bonchev–Trinajstić information content (AvgIpc) is 2.72. The average molecular weight is 272 g/mol. The van der Waals surface area contributed by atoms with Gasteiger partial charge in [-0.15, -0.1) is 11.8 Å². The van der Waals surface area contributed by atoms with Gasteiger partial charge in [0.05, 0.1) is 5.69 Å². The van der Waals surface area contributed by atoms with E-state index in [2.05, 4.69) is 0 Å². The van der Waals surface area contributed by atoms with Gasteiger partial charge in [0.1, 0.15) is 4.90 Å². The number of hydrogen-bond donors (Lipinski definition) is 2. The highest BCUT2D eigenvalue weighted by Crippen LogP contribution is 2.38. The van der Waals surface area contributed by atoms with Crippen LogP contribution in [0.15, 0.2) is 28.0 Å². The Morgan fingerprint density at radius 2 is 1.88 bits per heavy atom. The smallest absolute Gasteiger partial charge is 0.240 e. The number of anilines is 1. The number of rotatable bonds is 3. The zero-order valence-electron chi connectivity index (χ0n) is 9.43. The molecule has 1 aromatic rings. The molecule has 1 aliphatic carbocycles. The van der Waals surface area contributed by atoms with Gasteiger partial charge in [0.2, 0.25) is 10.0 Å². The Balaban J connectivity index is 2.29. The van der Waals surface area contributed by atoms with E-state index in [1.807, 2.05) is 6.07 Å². The summed E-state index contributed by atoms with van der Waals surface area (Å²) in [6, 6.07) is 4.99. The number of sulfonamides is 1. The lowest BCUT2D eigenvalue weighted by Crippen LogP contribution is -2.14. The molecule has 0 aliphatic heterocycles. The van der Waals surface area contributed by atoms with Crippen LogP contribution in [0.25, 0.3) is 0 Å². The van der Waals surface area contributed by atoms with Gasteiger partial charge >= 0.3 is 0 Å². The number of nitrogens with two attached hydrogens (primary N) is 2. The molecule has 1 fully saturated rings. The van der Waals surface area contributed by atoms with E-state index in [4.69, 9.17) is 10.9 Å². The van der Waals surface area contributed by atoms with Crippen molar-refractivity contribution in [1.82, 2.24) is 0 Å². The molecular formula is C11H16N2O2S2. The molecule has 0 heterocycles. The van der Waals surface area contributed by atoms with Gasteiger partial charge in [0, 0.05) is 10.1 Å². The fourth-order valence-electron chi connectivity index (χ4n) is 2.06. The molecule has 4 nitrogen and oxygen atoms in total. The summed E-state index contributed by atoms with van der Waals surface area (Å²) in [7, 11) is -3.73. The summed E-state index contributed by atoms with van der Waals surface area (Å²) in [5, 5.41) is 5.67. The van der Waals surface area contributed by atoms with Gasteiger partial charge in [-0.05, 0) is 25.0 Å². The van der Waals surface area contributed by atoms with Gasteiger partial charge in [0.25, 0.3) is 0 Å². The lowest BCUT2D eigenvalue weighted by molar-refractivity contribution is 0.598. The summed E-state index contributed by atoms with van der Waals surface area (Å²) in [6.07, 6.45) is 4.83. The Kier molecular flexibility index (Phi) is 3.65. The molecule has 1 aromatic carbocycles. The largest absolute Gasteiger partial charge is 0.397 e. The Morgan fingerprint density at radius 3 is 2.47 bits per heavy atom. The Morgan fingerprint density at radius 1 is 1.24 bits per heavy atom. The SMILES string of the molecule is Nc1c(SC2CCCC2)cccc1S(N)(=O)=O. The lowest BCUT2D eigenvalue weighted by Gasteiger charge is -2.12. The minimum atomic E-state index is -3.73. The summed E-state index contributed by atoms with van der Waals surface area (Å²) in [4.78, 5) is 0.851. The maximum absolute atomic E-state index is 11.3. The molecule has 0 bridgehead atoms. The summed E-state index contributed by atoms with van der Waals surface area (Å²) in [5.41, 5.74) is 6.15. The van der Waals surface area contributed by atoms with E-state index in [1.54, 1.807) is 17.8 Å². The molecule has 94 valence electrons. The van der Waals surface area contributed by atoms with E-state index in [-0.39, 0.29) is 10.6 Å². The summed E-state index contributed by atoms with van der Waals surface area (Å²) < 4.78 is 22.7. The summed E-state index contributed by atoms with van der Waals surface area (Å²) in [5.74, 6) is 0. The maximum Gasteiger partial charge on any atom is 0.240 e. The molecule has 0 amide bonds. The van der Waals surface area contributed by atoms with Crippen LogP contribution in [-0.2, 0) is 10.0 Å². The van der Waals surface area contributed by atoms with E-state index in [0.717, 1.165) is 4.90 Å². The van der Waals surface area contributed by atoms with Crippen molar-refractivity contribution in [3.05, 3.63) is 18.2 Å². The summed E-state index contributed by atoms with van der Waals surface area (Å²) >= 11 is 1.66. The van der Waals surface area contributed by atoms with Crippen molar-refractivity contribution in [2.75, 3.05) is 5.73 Å². The Hall–Kier alpha value is -0.720. The molecule has 0 atom stereocenters. The van der Waals surface area contributed by atoms with E-state index in [9.17, 15) is 8.42 Å². The van der Waals surface area contributed by atoms with Crippen molar-refractivity contribution >= 4 is 27.5 Å². The topological polar surface area (TPSA) is 86.2 Å². The van der Waals surface area contributed by atoms with Crippen LogP contribution in [0.4, 0.5) is 5.69 Å². The predicted octanol–water partition coefficient (Wildman–Crippen LogP) is 1.95. The van der Waals surface area contributed by atoms with Gasteiger partial charge in [-0.3, -0.25) is 0 Å². The lowest BCUT2D eigenvalue weighted by atomic mass is 10.3. The van der Waals surface area contributed by atoms with Crippen LogP contribution in [-0.4, -0.2) is 13.7 Å². The highest BCUT2D eigenvalue weighted by atomic mass is 32.2. The first-order chi connectivity index (χ1) is 7.98. The standard InChI is InChI=1S/C11H16N2O2S2/c12-11-9(16-8-4-1-2-5-8)6-3-7-10(11)17(13,14)15/h3,6-8H,1-2,4-5,12H2,(H2,13,14,15). The van der Waals surface area contributed by atoms with Gasteiger partial charge in [-0.1, -0.05) is 18.9 Å². The van der Waals surface area contributed by atoms with Crippen molar-refractivity contribution in [1.29, 1.82) is 0 Å². The van der Waals surface area contributed by atoms with Crippen LogP contribution in [0.1, 0.15) is 25.7 Å². The van der Waals surface area contributed by atoms with Crippen molar-refractivity contribution < 1.29 is 8.42 Å². The molecule has 4 N–H and O–H groups in total. The third kappa shape index (κ3) is 2.94. The second-order valence-electron chi connectivity index (χ2n) is 4.24. The van der Waals surface area contributed by atoms with E-state index in [0.29, 0.717) is 5.25 Å². The Labute approximate surface area is 106 Å². The fraction of sp³-hybridized carbons (Fsp3) is 0.455. The highest BCUT2D eigenvalue weighted by Gasteiger charge is 2.20. The molecule has 1 aliphatic rings. The van der Waals surface area contributed by atoms with Crippen molar-refractivity contribution in [3.63, 3.8) is 0 Å². The molecule has 1 saturated carbocycles. The van der Waals surface area contributed by atoms with E-state index >= 15 is 0 Å². The van der Waals surface area contributed by atoms with Crippen LogP contribution in [0.3, 0.4) is 0 Å². The van der Waals surface area contributed by atoms with Crippen LogP contribution in [0, 0.1) is 0 Å². The van der Waals surface area contributed by atoms with Crippen molar-refractivity contribution in [2.24, 2.45) is 5.14 Å². The quantitative estimate of drug-likeness (QED) is 0.823. The first kappa shape index (κ1) is 12.7. The zero-order valence-corrected chi connectivity index (χ0v) is 11.1. The van der Waals surface area contributed by atoms with E-state index in [1.165, 1.54) is 31.7 Å². The maximum atomic E-state index is 11.3. The van der Waals surface area contributed by atoms with E-state index < -0.39 is 10.0 Å². The number of nitrogen functional groups attached to an aromatic ring is 1. The molecule has 0 unspecified atom stereocenters. The third-order valence-corrected chi connectivity index (χ3v) is 5.31. The Bertz CT molecular complexity index is 508. The van der Waals surface area contributed by atoms with Crippen molar-refractivity contribution in [2.45, 2.75) is 40.7 Å². The molecule has 17 heavy (non-hydrogen) atoms. The fourth-order valence-corrected chi connectivity index (χ4v) is 4.13. The number of primary sulfonamides is 1. The first-order valence-electron chi connectivity index (χ1n) is 5.56. The monoisotopic (exact) mass is 272 g/mol. The molecule has 6 heteroatoms. The number of benzene rings is 1. The number of para-hydroxylation sites is 1. The van der Waals surface area contributed by atoms with Crippen LogP contribution < -0.4 is 10.9 Å². The molecule has 0 saturated heterocycles. The molecule has 0 spiro atoms. The molecule has 0 aromatic heterocycles. The molecule has 2 rings (SSSR count). The molecule has 0 radical (unpaired) electrons. The van der Waals surface area contributed by atoms with Crippen molar-refractivity contribution in [3.8, 4) is 0 Å². The third-order valence-electron chi connectivity index (χ3n) is 2.93. The normalized spacial score (nSPS) is 17.5. The van der Waals surface area contributed by atoms with Gasteiger partial charge < -0.3 is 5.73 Å².